The predicted octanol–water partition coefficient (Wildman–Crippen LogP) is 7.91. The fourth-order valence-corrected chi connectivity index (χ4v) is 3.15. The first-order valence-electron chi connectivity index (χ1n) is 9.40. The van der Waals surface area contributed by atoms with Gasteiger partial charge in [-0.3, -0.25) is 0 Å². The summed E-state index contributed by atoms with van der Waals surface area (Å²) in [6.45, 7) is 0. The van der Waals surface area contributed by atoms with E-state index in [1.165, 1.54) is 0 Å². The molecule has 0 fully saturated rings. The molecule has 0 atom stereocenters. The van der Waals surface area contributed by atoms with Crippen LogP contribution in [0.3, 0.4) is 0 Å². The predicted molar refractivity (Wildman–Crippen MR) is 103 cm³/mol. The number of rotatable bonds is 4. The van der Waals surface area contributed by atoms with E-state index < -0.39 is 87.0 Å². The number of hydrogen-bond acceptors (Lipinski definition) is 4. The smallest absolute Gasteiger partial charge is 0.423 e. The van der Waals surface area contributed by atoms with Gasteiger partial charge in [-0.15, -0.1) is 0 Å². The average Bonchev–Trinajstić information content (AvgIpc) is 2.72. The van der Waals surface area contributed by atoms with E-state index in [1.54, 1.807) is 0 Å². The summed E-state index contributed by atoms with van der Waals surface area (Å²) in [6.07, 6.45) is -16.7. The van der Waals surface area contributed by atoms with E-state index in [4.69, 9.17) is 11.5 Å². The molecule has 0 saturated carbocycles. The largest absolute Gasteiger partial charge is 0.453 e. The summed E-state index contributed by atoms with van der Waals surface area (Å²) >= 11 is 0. The number of nitrogen functional groups attached to an aromatic ring is 2. The van der Waals surface area contributed by atoms with E-state index in [0.717, 1.165) is 12.1 Å². The Bertz CT molecular complexity index is 1350. The molecule has 0 radical (unpaired) electrons. The first-order chi connectivity index (χ1) is 16.9. The minimum atomic E-state index is -5.97. The summed E-state index contributed by atoms with van der Waals surface area (Å²) < 4.78 is 174. The highest BCUT2D eigenvalue weighted by molar-refractivity contribution is 5.60. The Kier molecular flexibility index (Phi) is 6.83. The van der Waals surface area contributed by atoms with Crippen molar-refractivity contribution in [3.05, 3.63) is 70.5 Å². The number of hydrogen-bond donors (Lipinski definition) is 2. The normalized spacial score (nSPS) is 12.5. The quantitative estimate of drug-likeness (QED) is 0.197. The Morgan fingerprint density at radius 3 is 1.24 bits per heavy atom. The zero-order valence-electron chi connectivity index (χ0n) is 17.5. The zero-order valence-corrected chi connectivity index (χ0v) is 17.5. The first-order valence-corrected chi connectivity index (χ1v) is 9.40. The summed E-state index contributed by atoms with van der Waals surface area (Å²) in [5.74, 6) is -15.9. The van der Waals surface area contributed by atoms with Crippen LogP contribution in [0.4, 0.5) is 64.1 Å². The molecule has 0 saturated heterocycles. The summed E-state index contributed by atoms with van der Waals surface area (Å²) in [5, 5.41) is 0. The third kappa shape index (κ3) is 5.27. The first kappa shape index (κ1) is 27.6. The van der Waals surface area contributed by atoms with Gasteiger partial charge in [0.05, 0.1) is 0 Å². The molecule has 0 unspecified atom stereocenters. The number of ether oxygens (including phenoxy) is 2. The molecule has 0 aliphatic carbocycles. The van der Waals surface area contributed by atoms with Gasteiger partial charge in [0.2, 0.25) is 17.4 Å². The Labute approximate surface area is 198 Å². The minimum Gasteiger partial charge on any atom is -0.453 e. The lowest BCUT2D eigenvalue weighted by molar-refractivity contribution is -0.142. The molecule has 37 heavy (non-hydrogen) atoms. The van der Waals surface area contributed by atoms with Gasteiger partial charge in [0.15, 0.2) is 11.6 Å². The van der Waals surface area contributed by atoms with Crippen LogP contribution >= 0.6 is 0 Å². The summed E-state index contributed by atoms with van der Waals surface area (Å²) in [7, 11) is 0. The van der Waals surface area contributed by atoms with Crippen molar-refractivity contribution >= 4 is 11.4 Å². The third-order valence-electron chi connectivity index (χ3n) is 4.63. The van der Waals surface area contributed by atoms with Crippen LogP contribution in [0.25, 0.3) is 0 Å². The second-order valence-electron chi connectivity index (χ2n) is 7.11. The van der Waals surface area contributed by atoms with Gasteiger partial charge in [-0.25, -0.2) is 4.39 Å². The molecule has 4 nitrogen and oxygen atoms in total. The van der Waals surface area contributed by atoms with Gasteiger partial charge >= 0.3 is 18.5 Å². The van der Waals surface area contributed by atoms with Crippen molar-refractivity contribution in [1.82, 2.24) is 0 Å². The van der Waals surface area contributed by atoms with E-state index in [1.807, 2.05) is 0 Å². The molecular formula is C21H10F12N2O2. The molecule has 3 rings (SSSR count). The summed E-state index contributed by atoms with van der Waals surface area (Å²) in [6, 6.07) is 3.76. The van der Waals surface area contributed by atoms with Gasteiger partial charge < -0.3 is 20.9 Å². The van der Waals surface area contributed by atoms with Gasteiger partial charge in [-0.1, -0.05) is 12.1 Å². The fraction of sp³-hybridized carbons (Fsp3) is 0.143. The molecule has 0 aliphatic rings. The molecule has 200 valence electrons. The van der Waals surface area contributed by atoms with E-state index in [9.17, 15) is 48.3 Å². The maximum atomic E-state index is 15.2. The maximum Gasteiger partial charge on any atom is 0.423 e. The number of alkyl halides is 9. The van der Waals surface area contributed by atoms with E-state index in [2.05, 4.69) is 9.47 Å². The molecule has 0 heterocycles. The summed E-state index contributed by atoms with van der Waals surface area (Å²) in [5.41, 5.74) is 1.69. The maximum absolute atomic E-state index is 15.2. The number of anilines is 2. The third-order valence-corrected chi connectivity index (χ3v) is 4.63. The lowest BCUT2D eigenvalue weighted by Crippen LogP contribution is -2.16. The lowest BCUT2D eigenvalue weighted by Gasteiger charge is -2.21. The van der Waals surface area contributed by atoms with E-state index >= 15 is 4.39 Å². The van der Waals surface area contributed by atoms with Crippen molar-refractivity contribution in [2.45, 2.75) is 18.5 Å². The van der Waals surface area contributed by atoms with Crippen LogP contribution in [0.1, 0.15) is 16.7 Å². The molecule has 0 aliphatic heterocycles. The monoisotopic (exact) mass is 550 g/mol. The highest BCUT2D eigenvalue weighted by atomic mass is 19.4. The second kappa shape index (κ2) is 9.15. The highest BCUT2D eigenvalue weighted by Gasteiger charge is 2.45. The number of nitrogens with two attached hydrogens (primary N) is 2. The minimum absolute atomic E-state index is 0.389. The van der Waals surface area contributed by atoms with E-state index in [0.29, 0.717) is 24.3 Å². The fourth-order valence-electron chi connectivity index (χ4n) is 3.15. The van der Waals surface area contributed by atoms with Gasteiger partial charge in [-0.05, 0) is 24.3 Å². The molecule has 0 spiro atoms. The van der Waals surface area contributed by atoms with Crippen LogP contribution in [0.2, 0.25) is 0 Å². The molecule has 3 aromatic rings. The van der Waals surface area contributed by atoms with Crippen molar-refractivity contribution in [2.24, 2.45) is 0 Å². The van der Waals surface area contributed by atoms with Crippen molar-refractivity contribution in [1.29, 1.82) is 0 Å². The van der Waals surface area contributed by atoms with Crippen molar-refractivity contribution in [3.8, 4) is 23.0 Å². The average molecular weight is 550 g/mol. The van der Waals surface area contributed by atoms with Gasteiger partial charge in [0, 0.05) is 11.4 Å². The van der Waals surface area contributed by atoms with E-state index in [-0.39, 0.29) is 0 Å². The standard InChI is InChI=1S/C21H10F12N2O2/c22-14-13(21(31,32)33)17(36-9-5-1-3-7(34)11(9)19(25,26)27)16(24)18(15(14)23)37-10-6-2-4-8(35)12(10)20(28,29)30/h1-6H,34-35H2. The van der Waals surface area contributed by atoms with Gasteiger partial charge in [0.1, 0.15) is 28.2 Å². The van der Waals surface area contributed by atoms with Crippen LogP contribution in [-0.4, -0.2) is 0 Å². The zero-order chi connectivity index (χ0) is 28.1. The lowest BCUT2D eigenvalue weighted by atomic mass is 10.1. The van der Waals surface area contributed by atoms with Crippen LogP contribution in [-0.2, 0) is 18.5 Å². The number of benzene rings is 3. The molecular weight excluding hydrogens is 540 g/mol. The Hall–Kier alpha value is -3.98. The summed E-state index contributed by atoms with van der Waals surface area (Å²) in [4.78, 5) is 0. The molecule has 0 amide bonds. The van der Waals surface area contributed by atoms with Crippen LogP contribution < -0.4 is 20.9 Å². The SMILES string of the molecule is Nc1cccc(Oc2c(F)c(F)c(C(F)(F)F)c(Oc3cccc(N)c3C(F)(F)F)c2F)c1C(F)(F)F. The van der Waals surface area contributed by atoms with Crippen molar-refractivity contribution in [3.63, 3.8) is 0 Å². The topological polar surface area (TPSA) is 70.5 Å². The van der Waals surface area contributed by atoms with Gasteiger partial charge in [-0.2, -0.15) is 48.3 Å². The molecule has 4 N–H and O–H groups in total. The Balaban J connectivity index is 2.32. The van der Waals surface area contributed by atoms with Crippen LogP contribution in [0, 0.1) is 17.5 Å². The van der Waals surface area contributed by atoms with Crippen LogP contribution in [0.15, 0.2) is 36.4 Å². The number of halogens is 12. The van der Waals surface area contributed by atoms with Crippen molar-refractivity contribution < 1.29 is 62.2 Å². The second-order valence-corrected chi connectivity index (χ2v) is 7.11. The van der Waals surface area contributed by atoms with Gasteiger partial charge in [0.25, 0.3) is 0 Å². The molecule has 3 aromatic carbocycles. The Morgan fingerprint density at radius 1 is 0.486 bits per heavy atom. The van der Waals surface area contributed by atoms with Crippen molar-refractivity contribution in [2.75, 3.05) is 11.5 Å². The molecule has 0 bridgehead atoms. The Morgan fingerprint density at radius 2 is 0.865 bits per heavy atom. The molecule has 16 heteroatoms. The van der Waals surface area contributed by atoms with Crippen LogP contribution in [0.5, 0.6) is 23.0 Å². The highest BCUT2D eigenvalue weighted by Crippen LogP contribution is 2.50. The molecule has 0 aromatic heterocycles.